The minimum atomic E-state index is -0.604. The fraction of sp³-hybridized carbons (Fsp3) is 0.695. The van der Waals surface area contributed by atoms with Gasteiger partial charge in [-0.1, -0.05) is 7.43 Å². The van der Waals surface area contributed by atoms with Crippen molar-refractivity contribution in [1.29, 1.82) is 0 Å². The van der Waals surface area contributed by atoms with Crippen LogP contribution in [0.25, 0.3) is 0 Å². The van der Waals surface area contributed by atoms with Crippen LogP contribution in [0.2, 0.25) is 0 Å². The third-order valence-electron chi connectivity index (χ3n) is 25.4. The number of amides is 21. The third kappa shape index (κ3) is 26.3. The number of piperazine rings is 1. The molecule has 14 saturated heterocycles. The lowest BCUT2D eigenvalue weighted by atomic mass is 10.0. The summed E-state index contributed by atoms with van der Waals surface area (Å²) in [6.07, 6.45) is 20.3. The number of hydrogen-bond acceptors (Lipinski definition) is 31. The Morgan fingerprint density at radius 2 is 0.686 bits per heavy atom. The van der Waals surface area contributed by atoms with Gasteiger partial charge in [-0.3, -0.25) is 101 Å². The Bertz CT molecular complexity index is 4360. The van der Waals surface area contributed by atoms with Crippen molar-refractivity contribution in [3.8, 4) is 0 Å². The molecule has 0 aliphatic carbocycles. The quantitative estimate of drug-likeness (QED) is 0.0233. The summed E-state index contributed by atoms with van der Waals surface area (Å²) in [5.41, 5.74) is 14.1. The highest BCUT2D eigenvalue weighted by Gasteiger charge is 2.54. The molecule has 0 saturated carbocycles. The second-order valence-electron chi connectivity index (χ2n) is 33.7. The predicted octanol–water partition coefficient (Wildman–Crippen LogP) is -3.20. The molecule has 17 heterocycles. The Balaban J connectivity index is 0.000000158. The molecule has 0 spiro atoms. The number of likely N-dealkylation sites (N-methyl/N-ethyl adjacent to an activating group) is 1. The van der Waals surface area contributed by atoms with Gasteiger partial charge in [-0.25, -0.2) is 71.6 Å². The molecule has 0 radical (unpaired) electrons. The Morgan fingerprint density at radius 1 is 0.387 bits per heavy atom. The van der Waals surface area contributed by atoms with E-state index in [2.05, 4.69) is 48.2 Å². The number of piperidine rings is 6. The van der Waals surface area contributed by atoms with E-state index in [4.69, 9.17) is 62.8 Å². The van der Waals surface area contributed by atoms with E-state index in [1.165, 1.54) is 102 Å². The number of aromatic nitrogens is 5. The zero-order valence-corrected chi connectivity index (χ0v) is 77.7. The van der Waals surface area contributed by atoms with Crippen LogP contribution in [-0.4, -0.2) is 448 Å². The summed E-state index contributed by atoms with van der Waals surface area (Å²) in [7, 11) is 11.9. The van der Waals surface area contributed by atoms with Gasteiger partial charge in [-0.05, 0) is 96.1 Å². The van der Waals surface area contributed by atoms with E-state index < -0.39 is 54.0 Å². The number of hydrogen-bond donors (Lipinski definition) is 7. The number of urea groups is 6. The molecule has 14 fully saturated rings. The van der Waals surface area contributed by atoms with Crippen LogP contribution in [0.5, 0.6) is 0 Å². The molecule has 0 aromatic carbocycles. The molecule has 7 N–H and O–H groups in total. The van der Waals surface area contributed by atoms with E-state index in [9.17, 15) is 71.9 Å². The Labute approximate surface area is 790 Å². The first-order valence-electron chi connectivity index (χ1n) is 45.1. The smallest absolute Gasteiger partial charge is 0.345 e. The van der Waals surface area contributed by atoms with Crippen molar-refractivity contribution in [3.05, 3.63) is 61.5 Å². The van der Waals surface area contributed by atoms with Crippen LogP contribution in [0, 0.1) is 6.92 Å². The fourth-order valence-electron chi connectivity index (χ4n) is 18.2. The van der Waals surface area contributed by atoms with Crippen LogP contribution in [0.4, 0.5) is 28.8 Å². The highest BCUT2D eigenvalue weighted by atomic mass is 16.7. The van der Waals surface area contributed by atoms with Gasteiger partial charge in [-0.15, -0.1) is 0 Å². The molecular formula is C82H129N27O28. The molecule has 0 unspecified atom stereocenters. The SMILES string of the molecule is C.CON1C(=O)N2C[C@H]1CC[C@H]2C(=O)NOCC(=O)N(C)C.CON1C(=O)N2C[C@H]1CC[C@H]2C(=O)NOCC(=O)N1CCNCC1.CON1C(=O)N2C[C@H]1CC[C@H]2C(=O)NOCC(=O)N1CCOCC1.CON1C(=O)N2C[C@H]1CC[C@H]2C(=O)NOCCn1cccc1.CON1C(=O)N2C[C@H]1CC[C@H]2C(=O)NOCCn1ccnc1.CON1C(=O)N2C[C@H]1CC[C@H]2C(=O)NOCCn1ccnc1C. The number of aryl methyl sites for hydroxylation is 1. The van der Waals surface area contributed by atoms with Gasteiger partial charge in [0.05, 0.1) is 118 Å². The number of ether oxygens (including phenoxy) is 1. The van der Waals surface area contributed by atoms with Gasteiger partial charge in [0.2, 0.25) is 0 Å². The van der Waals surface area contributed by atoms with Crippen LogP contribution in [0.3, 0.4) is 0 Å². The molecule has 12 bridgehead atoms. The predicted molar refractivity (Wildman–Crippen MR) is 467 cm³/mol. The monoisotopic (exact) mass is 1940 g/mol. The van der Waals surface area contributed by atoms with Gasteiger partial charge < -0.3 is 67.9 Å². The second kappa shape index (κ2) is 50.9. The molecule has 3 aromatic rings. The first-order chi connectivity index (χ1) is 65.7. The minimum Gasteiger partial charge on any atom is -0.378 e. The summed E-state index contributed by atoms with van der Waals surface area (Å²) in [6.45, 7) is 11.9. The number of nitrogens with zero attached hydrogens (tertiary/aromatic N) is 20. The average Bonchev–Trinajstić information content (AvgIpc) is 1.67. The van der Waals surface area contributed by atoms with Crippen molar-refractivity contribution in [2.45, 2.75) is 184 Å². The molecule has 17 rings (SSSR count). The molecule has 760 valence electrons. The number of hydroxylamine groups is 18. The Morgan fingerprint density at radius 3 is 0.978 bits per heavy atom. The molecular weight excluding hydrogens is 1810 g/mol. The van der Waals surface area contributed by atoms with Crippen molar-refractivity contribution in [2.24, 2.45) is 0 Å². The van der Waals surface area contributed by atoms with Crippen LogP contribution < -0.4 is 38.2 Å². The maximum atomic E-state index is 12.3. The summed E-state index contributed by atoms with van der Waals surface area (Å²) in [6, 6.07) is -1.09. The van der Waals surface area contributed by atoms with E-state index in [1.54, 1.807) is 47.5 Å². The summed E-state index contributed by atoms with van der Waals surface area (Å²) in [4.78, 5) is 264. The van der Waals surface area contributed by atoms with Gasteiger partial charge >= 0.3 is 36.2 Å². The summed E-state index contributed by atoms with van der Waals surface area (Å²) in [5, 5.41) is 11.1. The van der Waals surface area contributed by atoms with E-state index in [-0.39, 0.29) is 135 Å². The summed E-state index contributed by atoms with van der Waals surface area (Å²) in [5.74, 6) is -1.87. The average molecular weight is 1940 g/mol. The van der Waals surface area contributed by atoms with Crippen molar-refractivity contribution >= 4 is 89.4 Å². The van der Waals surface area contributed by atoms with Crippen molar-refractivity contribution in [3.63, 3.8) is 0 Å². The second-order valence-corrected chi connectivity index (χ2v) is 33.7. The normalized spacial score (nSPS) is 24.7. The first kappa shape index (κ1) is 105. The van der Waals surface area contributed by atoms with Crippen molar-refractivity contribution in [2.75, 3.05) is 188 Å². The maximum Gasteiger partial charge on any atom is 0.345 e. The number of carbonyl (C=O) groups excluding carboxylic acids is 15. The number of fused-ring (bicyclic) bond motifs is 12. The van der Waals surface area contributed by atoms with E-state index in [1.807, 2.05) is 57.5 Å². The molecule has 137 heavy (non-hydrogen) atoms. The van der Waals surface area contributed by atoms with Crippen molar-refractivity contribution < 1.29 is 135 Å². The summed E-state index contributed by atoms with van der Waals surface area (Å²) >= 11 is 0. The largest absolute Gasteiger partial charge is 0.378 e. The standard InChI is InChI=1S/C14H23N5O5.C14H21N5O4.C14H22N4O6.C14H20N4O4.C13H19N5O4.C12H20N4O5.CH4/c1-23-19-10-2-3-11(18(8-10)14(19)22)13(21)16-24-9-12(20)17-6-4-15-5-7-17;1-10-15-5-6-17(10)7-8-23-16-13(20)12-4-3-11-9-18(12)14(21)19(11)22-2;1-22-18-10-2-3-11(17(8-10)14(18)21)13(20)15-24-9-12(19)16-4-6-23-7-5-16;1-21-18-11-4-5-12(17(10-11)14(18)20)13(19)15-22-9-8-16-6-2-3-7-16;1-21-18-10-2-3-11(17(8-10)13(18)20)12(19)15-22-7-6-16-5-4-14-9-16;1-14(2)10(17)7-21-13-11(18)9-5-4-8-6-15(9)12(19)16(8)20-3;/h10-11,15H,2-9H2,1H3,(H,16,21);5-6,11-12H,3-4,7-9H2,1-2H3,(H,16,20);10-11H,2-9H2,1H3,(H,15,20);2-3,6-7,11-12H,4-5,8-10H2,1H3,(H,15,19);4-5,9-11H,2-3,6-8H2,1H3,(H,15,19);8-9H,4-7H2,1-3H3,(H,13,18);1H4/t10-,11+;11-,12+;10-,11+;11-,12+;10-,11+;8-,9+;/m111111./s1. The molecule has 21 amide bonds. The van der Waals surface area contributed by atoms with Crippen LogP contribution >= 0.6 is 0 Å². The molecule has 55 nitrogen and oxygen atoms in total. The van der Waals surface area contributed by atoms with Crippen molar-refractivity contribution in [1.82, 2.24) is 136 Å². The van der Waals surface area contributed by atoms with Gasteiger partial charge in [0.15, 0.2) is 19.8 Å². The van der Waals surface area contributed by atoms with Gasteiger partial charge in [-0.2, -0.15) is 30.4 Å². The molecule has 3 aromatic heterocycles. The van der Waals surface area contributed by atoms with Gasteiger partial charge in [0.25, 0.3) is 53.2 Å². The fourth-order valence-corrected chi connectivity index (χ4v) is 18.2. The molecule has 14 aliphatic rings. The minimum absolute atomic E-state index is 0. The van der Waals surface area contributed by atoms with Crippen LogP contribution in [-0.2, 0) is 126 Å². The number of rotatable bonds is 33. The maximum absolute atomic E-state index is 12.3. The van der Waals surface area contributed by atoms with E-state index in [0.29, 0.717) is 176 Å². The van der Waals surface area contributed by atoms with Crippen LogP contribution in [0.1, 0.15) is 90.3 Å². The highest BCUT2D eigenvalue weighted by Crippen LogP contribution is 2.36. The topological polar surface area (TPSA) is 549 Å². The Kier molecular flexibility index (Phi) is 39.2. The van der Waals surface area contributed by atoms with Gasteiger partial charge in [0, 0.05) is 149 Å². The zero-order chi connectivity index (χ0) is 97.2. The lowest BCUT2D eigenvalue weighted by Crippen LogP contribution is -2.51. The lowest BCUT2D eigenvalue weighted by molar-refractivity contribution is -0.150. The summed E-state index contributed by atoms with van der Waals surface area (Å²) < 4.78 is 10.9. The van der Waals surface area contributed by atoms with Gasteiger partial charge in [0.1, 0.15) is 42.1 Å². The number of imidazole rings is 2. The number of nitrogens with one attached hydrogen (secondary N) is 7. The molecule has 14 aliphatic heterocycles. The van der Waals surface area contributed by atoms with E-state index in [0.717, 1.165) is 38.2 Å². The molecule has 12 atom stereocenters. The first-order valence-corrected chi connectivity index (χ1v) is 45.1. The van der Waals surface area contributed by atoms with Crippen LogP contribution in [0.15, 0.2) is 55.6 Å². The Hall–Kier alpha value is -12.0. The van der Waals surface area contributed by atoms with E-state index >= 15 is 0 Å². The molecule has 55 heteroatoms. The zero-order valence-electron chi connectivity index (χ0n) is 77.7. The third-order valence-corrected chi connectivity index (χ3v) is 25.4. The number of morpholine rings is 1. The highest BCUT2D eigenvalue weighted by molar-refractivity contribution is 5.92. The number of carbonyl (C=O) groups is 15. The lowest BCUT2D eigenvalue weighted by Gasteiger charge is -2.29.